The molecule has 0 spiro atoms. The van der Waals surface area contributed by atoms with Crippen LogP contribution in [0.3, 0.4) is 0 Å². The third-order valence-corrected chi connectivity index (χ3v) is 3.10. The molecule has 1 N–H and O–H groups in total. The van der Waals surface area contributed by atoms with E-state index in [0.717, 1.165) is 5.69 Å². The van der Waals surface area contributed by atoms with Gasteiger partial charge in [-0.15, -0.1) is 0 Å². The van der Waals surface area contributed by atoms with Crippen molar-refractivity contribution in [1.29, 1.82) is 0 Å². The van der Waals surface area contributed by atoms with E-state index < -0.39 is 0 Å². The van der Waals surface area contributed by atoms with Crippen LogP contribution in [0.15, 0.2) is 24.3 Å². The molecule has 1 aromatic carbocycles. The van der Waals surface area contributed by atoms with Gasteiger partial charge in [-0.25, -0.2) is 0 Å². The van der Waals surface area contributed by atoms with Gasteiger partial charge < -0.3 is 15.1 Å². The quantitative estimate of drug-likeness (QED) is 0.860. The van der Waals surface area contributed by atoms with Crippen LogP contribution < -0.4 is 5.32 Å². The second-order valence-electron chi connectivity index (χ2n) is 4.70. The molecule has 0 aliphatic carbocycles. The van der Waals surface area contributed by atoms with Gasteiger partial charge in [0.15, 0.2) is 0 Å². The van der Waals surface area contributed by atoms with Gasteiger partial charge in [0.25, 0.3) is 5.91 Å². The minimum absolute atomic E-state index is 0.00882. The van der Waals surface area contributed by atoms with Crippen molar-refractivity contribution in [3.05, 3.63) is 29.8 Å². The van der Waals surface area contributed by atoms with Crippen LogP contribution in [0.2, 0.25) is 0 Å². The van der Waals surface area contributed by atoms with Crippen molar-refractivity contribution in [2.45, 2.75) is 13.8 Å². The van der Waals surface area contributed by atoms with Gasteiger partial charge in [0, 0.05) is 38.4 Å². The number of amides is 2. The maximum absolute atomic E-state index is 12.2. The molecular formula is C15H23N3O2. The fourth-order valence-corrected chi connectivity index (χ4v) is 1.79. The summed E-state index contributed by atoms with van der Waals surface area (Å²) in [5, 5.41) is 3.03. The highest BCUT2D eigenvalue weighted by Crippen LogP contribution is 2.12. The normalized spacial score (nSPS) is 10.0. The Morgan fingerprint density at radius 1 is 1.15 bits per heavy atom. The van der Waals surface area contributed by atoms with Crippen molar-refractivity contribution in [2.75, 3.05) is 39.0 Å². The largest absolute Gasteiger partial charge is 0.376 e. The monoisotopic (exact) mass is 277 g/mol. The van der Waals surface area contributed by atoms with E-state index in [9.17, 15) is 9.59 Å². The molecule has 5 nitrogen and oxygen atoms in total. The molecule has 0 aromatic heterocycles. The average molecular weight is 277 g/mol. The van der Waals surface area contributed by atoms with Gasteiger partial charge in [0.2, 0.25) is 5.91 Å². The Morgan fingerprint density at radius 2 is 1.80 bits per heavy atom. The lowest BCUT2D eigenvalue weighted by Crippen LogP contribution is -2.30. The lowest BCUT2D eigenvalue weighted by atomic mass is 10.1. The van der Waals surface area contributed by atoms with E-state index in [1.54, 1.807) is 31.1 Å². The molecule has 1 aromatic rings. The Morgan fingerprint density at radius 3 is 2.35 bits per heavy atom. The van der Waals surface area contributed by atoms with Crippen molar-refractivity contribution in [3.63, 3.8) is 0 Å². The van der Waals surface area contributed by atoms with Crippen molar-refractivity contribution >= 4 is 17.5 Å². The standard InChI is InChI=1S/C15H23N3O2/c1-5-18(6-2)15(20)12-8-7-9-13(10-12)16-11-14(19)17(3)4/h7-10,16H,5-6,11H2,1-4H3. The van der Waals surface area contributed by atoms with Crippen LogP contribution in [0.25, 0.3) is 0 Å². The second kappa shape index (κ2) is 7.53. The van der Waals surface area contributed by atoms with Crippen LogP contribution in [0.5, 0.6) is 0 Å². The number of carbonyl (C=O) groups is 2. The predicted octanol–water partition coefficient (Wildman–Crippen LogP) is 1.67. The molecule has 0 fully saturated rings. The Bertz CT molecular complexity index is 468. The molecule has 110 valence electrons. The van der Waals surface area contributed by atoms with Crippen LogP contribution in [0.1, 0.15) is 24.2 Å². The Labute approximate surface area is 120 Å². The topological polar surface area (TPSA) is 52.7 Å². The molecule has 0 unspecified atom stereocenters. The number of benzene rings is 1. The SMILES string of the molecule is CCN(CC)C(=O)c1cccc(NCC(=O)N(C)C)c1. The number of anilines is 1. The van der Waals surface area contributed by atoms with Gasteiger partial charge >= 0.3 is 0 Å². The molecule has 2 amide bonds. The van der Waals surface area contributed by atoms with Gasteiger partial charge in [-0.1, -0.05) is 6.07 Å². The zero-order valence-corrected chi connectivity index (χ0v) is 12.6. The summed E-state index contributed by atoms with van der Waals surface area (Å²) >= 11 is 0. The number of nitrogens with zero attached hydrogens (tertiary/aromatic N) is 2. The van der Waals surface area contributed by atoms with Crippen molar-refractivity contribution in [3.8, 4) is 0 Å². The molecule has 20 heavy (non-hydrogen) atoms. The lowest BCUT2D eigenvalue weighted by Gasteiger charge is -2.19. The van der Waals surface area contributed by atoms with Crippen LogP contribution in [-0.4, -0.2) is 55.3 Å². The third kappa shape index (κ3) is 4.26. The van der Waals surface area contributed by atoms with Gasteiger partial charge in [0.1, 0.15) is 0 Å². The van der Waals surface area contributed by atoms with Gasteiger partial charge in [-0.2, -0.15) is 0 Å². The zero-order valence-electron chi connectivity index (χ0n) is 12.6. The molecule has 0 atom stereocenters. The Balaban J connectivity index is 2.75. The van der Waals surface area contributed by atoms with Crippen LogP contribution in [0.4, 0.5) is 5.69 Å². The van der Waals surface area contributed by atoms with Crippen molar-refractivity contribution in [2.24, 2.45) is 0 Å². The number of nitrogens with one attached hydrogen (secondary N) is 1. The lowest BCUT2D eigenvalue weighted by molar-refractivity contribution is -0.126. The van der Waals surface area contributed by atoms with E-state index in [1.165, 1.54) is 4.90 Å². The number of rotatable bonds is 6. The number of carbonyl (C=O) groups excluding carboxylic acids is 2. The highest BCUT2D eigenvalue weighted by atomic mass is 16.2. The molecule has 0 aliphatic rings. The van der Waals surface area contributed by atoms with Crippen LogP contribution in [0, 0.1) is 0 Å². The van der Waals surface area contributed by atoms with Gasteiger partial charge in [-0.05, 0) is 32.0 Å². The smallest absolute Gasteiger partial charge is 0.253 e. The number of likely N-dealkylation sites (N-methyl/N-ethyl adjacent to an activating group) is 1. The molecule has 0 bridgehead atoms. The highest BCUT2D eigenvalue weighted by molar-refractivity contribution is 5.95. The fourth-order valence-electron chi connectivity index (χ4n) is 1.79. The second-order valence-corrected chi connectivity index (χ2v) is 4.70. The van der Waals surface area contributed by atoms with Crippen molar-refractivity contribution in [1.82, 2.24) is 9.80 Å². The summed E-state index contributed by atoms with van der Waals surface area (Å²) < 4.78 is 0. The molecule has 0 saturated heterocycles. The van der Waals surface area contributed by atoms with E-state index in [-0.39, 0.29) is 18.4 Å². The van der Waals surface area contributed by atoms with Crippen molar-refractivity contribution < 1.29 is 9.59 Å². The first-order chi connectivity index (χ1) is 9.49. The minimum Gasteiger partial charge on any atom is -0.376 e. The van der Waals surface area contributed by atoms with E-state index >= 15 is 0 Å². The van der Waals surface area contributed by atoms with Crippen LogP contribution in [-0.2, 0) is 4.79 Å². The summed E-state index contributed by atoms with van der Waals surface area (Å²) in [7, 11) is 3.43. The number of hydrogen-bond donors (Lipinski definition) is 1. The maximum Gasteiger partial charge on any atom is 0.253 e. The number of hydrogen-bond acceptors (Lipinski definition) is 3. The van der Waals surface area contributed by atoms with E-state index in [4.69, 9.17) is 0 Å². The highest BCUT2D eigenvalue weighted by Gasteiger charge is 2.12. The summed E-state index contributed by atoms with van der Waals surface area (Å²) in [5.74, 6) is 0.00283. The molecule has 0 radical (unpaired) electrons. The Hall–Kier alpha value is -2.04. The molecule has 5 heteroatoms. The summed E-state index contributed by atoms with van der Waals surface area (Å²) in [4.78, 5) is 27.0. The van der Waals surface area contributed by atoms with Crippen LogP contribution >= 0.6 is 0 Å². The molecule has 0 saturated carbocycles. The first-order valence-corrected chi connectivity index (χ1v) is 6.83. The molecular weight excluding hydrogens is 254 g/mol. The first-order valence-electron chi connectivity index (χ1n) is 6.83. The summed E-state index contributed by atoms with van der Waals surface area (Å²) in [5.41, 5.74) is 1.41. The summed E-state index contributed by atoms with van der Waals surface area (Å²) in [6.45, 7) is 5.51. The summed E-state index contributed by atoms with van der Waals surface area (Å²) in [6, 6.07) is 7.24. The Kier molecular flexibility index (Phi) is 6.03. The zero-order chi connectivity index (χ0) is 15.1. The summed E-state index contributed by atoms with van der Waals surface area (Å²) in [6.07, 6.45) is 0. The average Bonchev–Trinajstić information content (AvgIpc) is 2.46. The molecule has 1 rings (SSSR count). The van der Waals surface area contributed by atoms with E-state index in [2.05, 4.69) is 5.32 Å². The van der Waals surface area contributed by atoms with Gasteiger partial charge in [0.05, 0.1) is 6.54 Å². The first kappa shape index (κ1) is 16.0. The predicted molar refractivity (Wildman–Crippen MR) is 80.9 cm³/mol. The maximum atomic E-state index is 12.2. The molecule has 0 heterocycles. The van der Waals surface area contributed by atoms with Gasteiger partial charge in [-0.3, -0.25) is 9.59 Å². The fraction of sp³-hybridized carbons (Fsp3) is 0.467. The van der Waals surface area contributed by atoms with E-state index in [1.807, 2.05) is 26.0 Å². The third-order valence-electron chi connectivity index (χ3n) is 3.10. The molecule has 0 aliphatic heterocycles. The minimum atomic E-state index is -0.00882. The van der Waals surface area contributed by atoms with E-state index in [0.29, 0.717) is 18.7 Å².